The van der Waals surface area contributed by atoms with Gasteiger partial charge in [0, 0.05) is 6.42 Å². The average molecular weight is 284 g/mol. The molecule has 0 radical (unpaired) electrons. The number of rotatable bonds is 9. The number of hydrogen-bond donors (Lipinski definition) is 2. The maximum atomic E-state index is 10.8. The molecule has 0 heterocycles. The first-order valence-corrected chi connectivity index (χ1v) is 8.48. The second-order valence-corrected chi connectivity index (χ2v) is 6.57. The van der Waals surface area contributed by atoms with Gasteiger partial charge in [-0.1, -0.05) is 39.5 Å². The Morgan fingerprint density at radius 1 is 1.00 bits per heavy atom. The molecule has 1 rings (SSSR count). The van der Waals surface area contributed by atoms with Crippen LogP contribution in [-0.4, -0.2) is 22.3 Å². The van der Waals surface area contributed by atoms with Crippen LogP contribution in [0.4, 0.5) is 0 Å². The molecule has 0 aromatic carbocycles. The van der Waals surface area contributed by atoms with Crippen molar-refractivity contribution in [2.45, 2.75) is 84.2 Å². The molecule has 20 heavy (non-hydrogen) atoms. The second-order valence-electron chi connectivity index (χ2n) is 6.57. The summed E-state index contributed by atoms with van der Waals surface area (Å²) in [5.74, 6) is 0.596. The predicted octanol–water partition coefficient (Wildman–Crippen LogP) is 4.23. The van der Waals surface area contributed by atoms with E-state index >= 15 is 0 Å². The molecule has 1 saturated carbocycles. The maximum Gasteiger partial charge on any atom is 0.303 e. The first kappa shape index (κ1) is 17.5. The number of unbranched alkanes of at least 4 members (excludes halogenated alkanes) is 2. The van der Waals surface area contributed by atoms with E-state index < -0.39 is 5.97 Å². The number of carbonyl (C=O) groups is 1. The first-order chi connectivity index (χ1) is 9.58. The molecule has 0 bridgehead atoms. The summed E-state index contributed by atoms with van der Waals surface area (Å²) in [6, 6.07) is 0. The van der Waals surface area contributed by atoms with Gasteiger partial charge in [-0.25, -0.2) is 0 Å². The monoisotopic (exact) mass is 284 g/mol. The normalized spacial score (nSPS) is 30.4. The van der Waals surface area contributed by atoms with Crippen molar-refractivity contribution in [1.29, 1.82) is 0 Å². The molecule has 3 heteroatoms. The van der Waals surface area contributed by atoms with E-state index in [1.54, 1.807) is 0 Å². The highest BCUT2D eigenvalue weighted by Gasteiger charge is 2.35. The molecule has 3 nitrogen and oxygen atoms in total. The first-order valence-electron chi connectivity index (χ1n) is 8.48. The molecule has 1 aliphatic rings. The van der Waals surface area contributed by atoms with E-state index in [1.807, 2.05) is 0 Å². The highest BCUT2D eigenvalue weighted by molar-refractivity contribution is 5.66. The van der Waals surface area contributed by atoms with Crippen molar-refractivity contribution < 1.29 is 15.0 Å². The van der Waals surface area contributed by atoms with Crippen molar-refractivity contribution in [1.82, 2.24) is 0 Å². The Bertz CT molecular complexity index is 259. The van der Waals surface area contributed by atoms with E-state index in [0.717, 1.165) is 32.1 Å². The largest absolute Gasteiger partial charge is 0.481 e. The Hall–Kier alpha value is -0.570. The third kappa shape index (κ3) is 5.82. The number of carboxylic acid groups (broad SMARTS) is 1. The van der Waals surface area contributed by atoms with Crippen LogP contribution in [-0.2, 0) is 4.79 Å². The zero-order chi connectivity index (χ0) is 15.0. The summed E-state index contributed by atoms with van der Waals surface area (Å²) in [5, 5.41) is 19.4. The average Bonchev–Trinajstić information content (AvgIpc) is 2.43. The molecular weight excluding hydrogens is 252 g/mol. The second kappa shape index (κ2) is 9.38. The molecular formula is C17H32O3. The lowest BCUT2D eigenvalue weighted by Crippen LogP contribution is -2.37. The summed E-state index contributed by atoms with van der Waals surface area (Å²) in [6.45, 7) is 4.37. The summed E-state index contributed by atoms with van der Waals surface area (Å²) >= 11 is 0. The van der Waals surface area contributed by atoms with Gasteiger partial charge in [-0.15, -0.1) is 0 Å². The highest BCUT2D eigenvalue weighted by atomic mass is 16.4. The lowest BCUT2D eigenvalue weighted by Gasteiger charge is -2.39. The van der Waals surface area contributed by atoms with Crippen LogP contribution in [0, 0.1) is 17.8 Å². The van der Waals surface area contributed by atoms with Gasteiger partial charge in [-0.2, -0.15) is 0 Å². The van der Waals surface area contributed by atoms with Crippen molar-refractivity contribution in [3.8, 4) is 0 Å². The molecule has 0 spiro atoms. The minimum Gasteiger partial charge on any atom is -0.481 e. The van der Waals surface area contributed by atoms with Crippen LogP contribution in [0.3, 0.4) is 0 Å². The van der Waals surface area contributed by atoms with E-state index in [4.69, 9.17) is 5.11 Å². The van der Waals surface area contributed by atoms with E-state index in [2.05, 4.69) is 13.8 Å². The van der Waals surface area contributed by atoms with Gasteiger partial charge >= 0.3 is 5.97 Å². The number of aliphatic hydroxyl groups excluding tert-OH is 1. The Labute approximate surface area is 123 Å². The van der Waals surface area contributed by atoms with Crippen molar-refractivity contribution >= 4 is 5.97 Å². The van der Waals surface area contributed by atoms with Gasteiger partial charge in [-0.3, -0.25) is 4.79 Å². The van der Waals surface area contributed by atoms with Crippen molar-refractivity contribution in [2.75, 3.05) is 0 Å². The molecule has 0 aromatic heterocycles. The van der Waals surface area contributed by atoms with Gasteiger partial charge in [0.2, 0.25) is 0 Å². The fourth-order valence-corrected chi connectivity index (χ4v) is 3.69. The Morgan fingerprint density at radius 3 is 1.90 bits per heavy atom. The highest BCUT2D eigenvalue weighted by Crippen LogP contribution is 2.40. The molecule has 0 amide bonds. The zero-order valence-corrected chi connectivity index (χ0v) is 13.2. The van der Waals surface area contributed by atoms with Gasteiger partial charge in [0.05, 0.1) is 6.10 Å². The topological polar surface area (TPSA) is 57.5 Å². The minimum atomic E-state index is -0.689. The van der Waals surface area contributed by atoms with Gasteiger partial charge in [0.1, 0.15) is 0 Å². The smallest absolute Gasteiger partial charge is 0.303 e. The fraction of sp³-hybridized carbons (Fsp3) is 0.941. The molecule has 118 valence electrons. The van der Waals surface area contributed by atoms with Crippen LogP contribution in [0.15, 0.2) is 0 Å². The molecule has 2 unspecified atom stereocenters. The number of hydrogen-bond acceptors (Lipinski definition) is 2. The Morgan fingerprint density at radius 2 is 1.50 bits per heavy atom. The van der Waals surface area contributed by atoms with Crippen molar-refractivity contribution in [2.24, 2.45) is 17.8 Å². The van der Waals surface area contributed by atoms with Crippen LogP contribution in [0.25, 0.3) is 0 Å². The third-order valence-electron chi connectivity index (χ3n) is 4.86. The van der Waals surface area contributed by atoms with E-state index in [1.165, 1.54) is 25.7 Å². The number of aliphatic carboxylic acids is 1. The zero-order valence-electron chi connectivity index (χ0n) is 13.2. The molecule has 0 saturated heterocycles. The van der Waals surface area contributed by atoms with Gasteiger partial charge in [0.25, 0.3) is 0 Å². The molecule has 0 aliphatic heterocycles. The molecule has 2 atom stereocenters. The lowest BCUT2D eigenvalue weighted by molar-refractivity contribution is -0.137. The minimum absolute atomic E-state index is 0.158. The van der Waals surface area contributed by atoms with Gasteiger partial charge < -0.3 is 10.2 Å². The Kier molecular flexibility index (Phi) is 8.20. The lowest BCUT2D eigenvalue weighted by atomic mass is 9.69. The van der Waals surface area contributed by atoms with Crippen LogP contribution < -0.4 is 0 Å². The van der Waals surface area contributed by atoms with E-state index in [-0.39, 0.29) is 12.5 Å². The van der Waals surface area contributed by atoms with E-state index in [0.29, 0.717) is 17.8 Å². The van der Waals surface area contributed by atoms with Crippen LogP contribution in [0.2, 0.25) is 0 Å². The quantitative estimate of drug-likeness (QED) is 0.666. The van der Waals surface area contributed by atoms with Gasteiger partial charge in [0.15, 0.2) is 0 Å². The van der Waals surface area contributed by atoms with Gasteiger partial charge in [-0.05, 0) is 49.9 Å². The predicted molar refractivity (Wildman–Crippen MR) is 81.6 cm³/mol. The molecule has 0 aromatic rings. The SMILES string of the molecule is CCCCC1CC(CCC(=O)O)CC(CCCC)C1O. The standard InChI is InChI=1S/C17H32O3/c1-3-5-7-14-11-13(9-10-16(18)19)12-15(17(14)20)8-6-4-2/h13-15,17,20H,3-12H2,1-2H3,(H,18,19). The Balaban J connectivity index is 2.56. The summed E-state index contributed by atoms with van der Waals surface area (Å²) in [5.41, 5.74) is 0. The molecule has 2 N–H and O–H groups in total. The number of carboxylic acids is 1. The van der Waals surface area contributed by atoms with Crippen LogP contribution in [0.1, 0.15) is 78.1 Å². The molecule has 1 aliphatic carbocycles. The third-order valence-corrected chi connectivity index (χ3v) is 4.86. The van der Waals surface area contributed by atoms with Crippen LogP contribution >= 0.6 is 0 Å². The number of aliphatic hydroxyl groups is 1. The summed E-state index contributed by atoms with van der Waals surface area (Å²) in [7, 11) is 0. The summed E-state index contributed by atoms with van der Waals surface area (Å²) in [4.78, 5) is 10.8. The van der Waals surface area contributed by atoms with Crippen molar-refractivity contribution in [3.63, 3.8) is 0 Å². The summed E-state index contributed by atoms with van der Waals surface area (Å²) < 4.78 is 0. The fourth-order valence-electron chi connectivity index (χ4n) is 3.69. The van der Waals surface area contributed by atoms with E-state index in [9.17, 15) is 9.90 Å². The van der Waals surface area contributed by atoms with Crippen LogP contribution in [0.5, 0.6) is 0 Å². The molecule has 1 fully saturated rings. The summed E-state index contributed by atoms with van der Waals surface area (Å²) in [6.07, 6.45) is 9.85. The van der Waals surface area contributed by atoms with Crippen molar-refractivity contribution in [3.05, 3.63) is 0 Å². The maximum absolute atomic E-state index is 10.8.